The number of aliphatic imine (C=N–C) groups is 1. The molecule has 2 aromatic carbocycles. The summed E-state index contributed by atoms with van der Waals surface area (Å²) in [5, 5.41) is 15.8. The smallest absolute Gasteiger partial charge is 0.283 e. The Morgan fingerprint density at radius 3 is 2.70 bits per heavy atom. The summed E-state index contributed by atoms with van der Waals surface area (Å²) >= 11 is 1.36. The number of rotatable bonds is 8. The van der Waals surface area contributed by atoms with E-state index in [1.807, 2.05) is 49.4 Å². The van der Waals surface area contributed by atoms with Crippen LogP contribution in [0.5, 0.6) is 11.5 Å². The Morgan fingerprint density at radius 2 is 1.97 bits per heavy atom. The number of carbonyl (C=O) groups excluding carboxylic acids is 1. The first-order valence-electron chi connectivity index (χ1n) is 10.9. The third-order valence-electron chi connectivity index (χ3n) is 5.31. The molecule has 0 aromatic heterocycles. The van der Waals surface area contributed by atoms with Crippen LogP contribution in [0, 0.1) is 5.41 Å². The van der Waals surface area contributed by atoms with Crippen LogP contribution in [0.15, 0.2) is 64.2 Å². The normalized spacial score (nSPS) is 17.5. The van der Waals surface area contributed by atoms with Crippen LogP contribution >= 0.6 is 11.8 Å². The average Bonchev–Trinajstić information content (AvgIpc) is 3.24. The van der Waals surface area contributed by atoms with Crippen molar-refractivity contribution in [3.8, 4) is 11.5 Å². The second-order valence-corrected chi connectivity index (χ2v) is 8.74. The monoisotopic (exact) mass is 462 g/mol. The number of hydrazone groups is 1. The van der Waals surface area contributed by atoms with E-state index in [0.29, 0.717) is 22.2 Å². The highest BCUT2D eigenvalue weighted by molar-refractivity contribution is 8.26. The van der Waals surface area contributed by atoms with Gasteiger partial charge in [-0.1, -0.05) is 49.7 Å². The molecule has 0 spiro atoms. The van der Waals surface area contributed by atoms with Gasteiger partial charge in [0.2, 0.25) is 5.17 Å². The van der Waals surface area contributed by atoms with Crippen LogP contribution < -0.4 is 9.47 Å². The lowest BCUT2D eigenvalue weighted by molar-refractivity contribution is -0.114. The summed E-state index contributed by atoms with van der Waals surface area (Å²) in [5.74, 6) is 0.730. The minimum Gasteiger partial charge on any atom is -0.493 e. The van der Waals surface area contributed by atoms with Gasteiger partial charge in [0.15, 0.2) is 17.3 Å². The van der Waals surface area contributed by atoms with Gasteiger partial charge in [-0.15, -0.1) is 0 Å². The van der Waals surface area contributed by atoms with Gasteiger partial charge in [0.1, 0.15) is 11.1 Å². The van der Waals surface area contributed by atoms with Crippen molar-refractivity contribution in [2.24, 2.45) is 10.1 Å². The number of benzene rings is 2. The fourth-order valence-electron chi connectivity index (χ4n) is 3.48. The molecule has 0 saturated carbocycles. The number of thioether (sulfide) groups is 1. The molecule has 0 aliphatic carbocycles. The SMILES string of the molecule is CCCCC1=NN2C(=N)/C(=C/c3ccc(OC(C)c4ccccc4)c(OC)c3)C(=O)N=C2S1. The molecule has 0 saturated heterocycles. The molecule has 7 nitrogen and oxygen atoms in total. The number of nitrogens with one attached hydrogen (secondary N) is 1. The molecule has 2 aliphatic rings. The zero-order chi connectivity index (χ0) is 23.4. The van der Waals surface area contributed by atoms with Gasteiger partial charge in [-0.2, -0.15) is 15.1 Å². The lowest BCUT2D eigenvalue weighted by Crippen LogP contribution is -2.35. The first-order valence-corrected chi connectivity index (χ1v) is 11.7. The highest BCUT2D eigenvalue weighted by Crippen LogP contribution is 2.34. The molecular formula is C25H26N4O3S. The highest BCUT2D eigenvalue weighted by atomic mass is 32.2. The molecule has 1 atom stereocenters. The van der Waals surface area contributed by atoms with Gasteiger partial charge < -0.3 is 9.47 Å². The zero-order valence-corrected chi connectivity index (χ0v) is 19.7. The fraction of sp³-hybridized carbons (Fsp3) is 0.280. The maximum atomic E-state index is 12.7. The van der Waals surface area contributed by atoms with Crippen molar-refractivity contribution >= 4 is 39.8 Å². The second kappa shape index (κ2) is 10.0. The number of ether oxygens (including phenoxy) is 2. The minimum atomic E-state index is -0.442. The maximum absolute atomic E-state index is 12.7. The van der Waals surface area contributed by atoms with E-state index in [4.69, 9.17) is 14.9 Å². The molecular weight excluding hydrogens is 436 g/mol. The molecule has 1 amide bonds. The molecule has 33 heavy (non-hydrogen) atoms. The molecule has 2 aliphatic heterocycles. The number of amides is 1. The predicted octanol–water partition coefficient (Wildman–Crippen LogP) is 5.64. The predicted molar refractivity (Wildman–Crippen MR) is 133 cm³/mol. The number of amidine groups is 2. The molecule has 2 aromatic rings. The van der Waals surface area contributed by atoms with Gasteiger partial charge in [-0.3, -0.25) is 10.2 Å². The number of methoxy groups -OCH3 is 1. The quantitative estimate of drug-likeness (QED) is 0.513. The maximum Gasteiger partial charge on any atom is 0.283 e. The van der Waals surface area contributed by atoms with Crippen molar-refractivity contribution in [1.29, 1.82) is 5.41 Å². The van der Waals surface area contributed by atoms with Crippen LogP contribution in [0.1, 0.15) is 50.3 Å². The number of hydrogen-bond acceptors (Lipinski definition) is 6. The van der Waals surface area contributed by atoms with E-state index < -0.39 is 5.91 Å². The van der Waals surface area contributed by atoms with Crippen molar-refractivity contribution in [3.05, 3.63) is 65.2 Å². The van der Waals surface area contributed by atoms with E-state index in [0.717, 1.165) is 29.9 Å². The summed E-state index contributed by atoms with van der Waals surface area (Å²) in [6.07, 6.45) is 4.37. The van der Waals surface area contributed by atoms with Crippen LogP contribution in [-0.2, 0) is 4.79 Å². The molecule has 0 radical (unpaired) electrons. The number of fused-ring (bicyclic) bond motifs is 1. The topological polar surface area (TPSA) is 87.3 Å². The Labute approximate surface area is 197 Å². The van der Waals surface area contributed by atoms with E-state index >= 15 is 0 Å². The van der Waals surface area contributed by atoms with E-state index in [9.17, 15) is 4.79 Å². The Morgan fingerprint density at radius 1 is 1.18 bits per heavy atom. The molecule has 1 unspecified atom stereocenters. The van der Waals surface area contributed by atoms with Gasteiger partial charge in [0.05, 0.1) is 12.7 Å². The molecule has 0 fully saturated rings. The summed E-state index contributed by atoms with van der Waals surface area (Å²) in [6, 6.07) is 15.4. The van der Waals surface area contributed by atoms with Crippen LogP contribution in [0.2, 0.25) is 0 Å². The molecule has 8 heteroatoms. The minimum absolute atomic E-state index is 0.0287. The molecule has 0 bridgehead atoms. The van der Waals surface area contributed by atoms with Crippen molar-refractivity contribution < 1.29 is 14.3 Å². The van der Waals surface area contributed by atoms with Crippen LogP contribution in [0.4, 0.5) is 0 Å². The van der Waals surface area contributed by atoms with Gasteiger partial charge in [-0.05, 0) is 60.9 Å². The molecule has 4 rings (SSSR count). The average molecular weight is 463 g/mol. The Hall–Kier alpha value is -3.39. The summed E-state index contributed by atoms with van der Waals surface area (Å²) < 4.78 is 11.6. The van der Waals surface area contributed by atoms with Crippen LogP contribution in [-0.4, -0.2) is 34.1 Å². The van der Waals surface area contributed by atoms with Gasteiger partial charge >= 0.3 is 0 Å². The Bertz CT molecular complexity index is 1160. The van der Waals surface area contributed by atoms with Crippen molar-refractivity contribution in [2.75, 3.05) is 7.11 Å². The summed E-state index contributed by atoms with van der Waals surface area (Å²) in [5.41, 5.74) is 1.96. The standard InChI is InChI=1S/C25H26N4O3S/c1-4-5-11-22-28-29-23(26)19(24(30)27-25(29)33-22)14-17-12-13-20(21(15-17)31-3)32-16(2)18-9-7-6-8-10-18/h6-10,12-16,26H,4-5,11H2,1-3H3/b19-14-,26-23?. The lowest BCUT2D eigenvalue weighted by atomic mass is 10.1. The van der Waals surface area contributed by atoms with Crippen LogP contribution in [0.3, 0.4) is 0 Å². The molecule has 2 heterocycles. The summed E-state index contributed by atoms with van der Waals surface area (Å²) in [4.78, 5) is 16.8. The Balaban J connectivity index is 1.56. The molecule has 1 N–H and O–H groups in total. The van der Waals surface area contributed by atoms with E-state index in [2.05, 4.69) is 17.0 Å². The van der Waals surface area contributed by atoms with Gasteiger partial charge in [-0.25, -0.2) is 0 Å². The molecule has 170 valence electrons. The number of carbonyl (C=O) groups is 1. The first-order chi connectivity index (χ1) is 16.0. The van der Waals surface area contributed by atoms with Crippen molar-refractivity contribution in [1.82, 2.24) is 5.01 Å². The van der Waals surface area contributed by atoms with Crippen molar-refractivity contribution in [2.45, 2.75) is 39.2 Å². The number of nitrogens with zero attached hydrogens (tertiary/aromatic N) is 3. The van der Waals surface area contributed by atoms with Gasteiger partial charge in [0, 0.05) is 0 Å². The number of hydrogen-bond donors (Lipinski definition) is 1. The first kappa shape index (κ1) is 22.8. The second-order valence-electron chi connectivity index (χ2n) is 7.70. The summed E-state index contributed by atoms with van der Waals surface area (Å²) in [7, 11) is 1.57. The van der Waals surface area contributed by atoms with E-state index in [1.165, 1.54) is 16.8 Å². The third-order valence-corrected chi connectivity index (χ3v) is 6.28. The Kier molecular flexibility index (Phi) is 6.93. The number of unbranched alkanes of at least 4 members (excludes halogenated alkanes) is 1. The fourth-order valence-corrected chi connectivity index (χ4v) is 4.41. The van der Waals surface area contributed by atoms with E-state index in [1.54, 1.807) is 19.3 Å². The summed E-state index contributed by atoms with van der Waals surface area (Å²) in [6.45, 7) is 4.09. The van der Waals surface area contributed by atoms with Gasteiger partial charge in [0.25, 0.3) is 5.91 Å². The van der Waals surface area contributed by atoms with Crippen molar-refractivity contribution in [3.63, 3.8) is 0 Å². The lowest BCUT2D eigenvalue weighted by Gasteiger charge is -2.20. The van der Waals surface area contributed by atoms with E-state index in [-0.39, 0.29) is 17.5 Å². The third kappa shape index (κ3) is 5.01. The largest absolute Gasteiger partial charge is 0.493 e. The van der Waals surface area contributed by atoms with Crippen LogP contribution in [0.25, 0.3) is 6.08 Å². The highest BCUT2D eigenvalue weighted by Gasteiger charge is 2.35. The zero-order valence-electron chi connectivity index (χ0n) is 18.9.